The fraction of sp³-hybridized carbons (Fsp3) is 0.500. The number of nitrogens with one attached hydrogen (secondary N) is 2. The van der Waals surface area contributed by atoms with Crippen molar-refractivity contribution in [1.29, 1.82) is 0 Å². The second-order valence-electron chi connectivity index (χ2n) is 5.91. The molecule has 0 spiro atoms. The number of rotatable bonds is 9. The Bertz CT molecular complexity index is 709. The summed E-state index contributed by atoms with van der Waals surface area (Å²) in [6.45, 7) is 5.21. The Balaban J connectivity index is 0.00000625. The summed E-state index contributed by atoms with van der Waals surface area (Å²) in [6, 6.07) is 4.04. The van der Waals surface area contributed by atoms with Crippen LogP contribution in [0.1, 0.15) is 45.2 Å². The van der Waals surface area contributed by atoms with E-state index < -0.39 is 28.1 Å². The predicted octanol–water partition coefficient (Wildman–Crippen LogP) is 1.16. The maximum atomic E-state index is 12.2. The molecule has 26 heavy (non-hydrogen) atoms. The highest BCUT2D eigenvalue weighted by molar-refractivity contribution is 7.89. The molecule has 1 aromatic carbocycles. The maximum Gasteiger partial charge on any atom is 0.320 e. The summed E-state index contributed by atoms with van der Waals surface area (Å²) in [5.74, 6) is -1.33. The zero-order valence-corrected chi connectivity index (χ0v) is 16.6. The van der Waals surface area contributed by atoms with E-state index in [2.05, 4.69) is 10.6 Å². The number of hydrogen-bond donors (Lipinski definition) is 4. The van der Waals surface area contributed by atoms with Crippen molar-refractivity contribution in [3.8, 4) is 0 Å². The number of sulfonamides is 1. The van der Waals surface area contributed by atoms with Crippen LogP contribution in [-0.2, 0) is 19.6 Å². The monoisotopic (exact) mass is 407 g/mol. The molecule has 0 fully saturated rings. The molecule has 0 heterocycles. The molecule has 3 atom stereocenters. The molecule has 8 nitrogen and oxygen atoms in total. The molecule has 5 N–H and O–H groups in total. The molecule has 1 aromatic rings. The molecule has 0 aliphatic rings. The summed E-state index contributed by atoms with van der Waals surface area (Å²) in [5.41, 5.74) is 0.705. The number of hydrogen-bond acceptors (Lipinski definition) is 5. The second kappa shape index (κ2) is 10.5. The third-order valence-corrected chi connectivity index (χ3v) is 4.72. The first-order valence-corrected chi connectivity index (χ1v) is 9.52. The molecular weight excluding hydrogens is 382 g/mol. The van der Waals surface area contributed by atoms with Gasteiger partial charge in [0.25, 0.3) is 0 Å². The summed E-state index contributed by atoms with van der Waals surface area (Å²) in [6.07, 6.45) is 1.11. The van der Waals surface area contributed by atoms with Gasteiger partial charge in [-0.1, -0.05) is 25.5 Å². The van der Waals surface area contributed by atoms with Crippen LogP contribution >= 0.6 is 12.4 Å². The van der Waals surface area contributed by atoms with E-state index in [4.69, 9.17) is 10.2 Å². The van der Waals surface area contributed by atoms with Crippen molar-refractivity contribution in [3.05, 3.63) is 29.8 Å². The van der Waals surface area contributed by atoms with Crippen LogP contribution in [0.15, 0.2) is 29.2 Å². The van der Waals surface area contributed by atoms with Gasteiger partial charge in [0.1, 0.15) is 6.04 Å². The van der Waals surface area contributed by atoms with Crippen LogP contribution in [0.5, 0.6) is 0 Å². The molecule has 0 radical (unpaired) electrons. The Morgan fingerprint density at radius 1 is 1.19 bits per heavy atom. The van der Waals surface area contributed by atoms with Crippen LogP contribution < -0.4 is 15.8 Å². The van der Waals surface area contributed by atoms with Gasteiger partial charge in [-0.2, -0.15) is 0 Å². The van der Waals surface area contributed by atoms with Crippen molar-refractivity contribution in [2.24, 2.45) is 5.14 Å². The van der Waals surface area contributed by atoms with E-state index >= 15 is 0 Å². The summed E-state index contributed by atoms with van der Waals surface area (Å²) in [5, 5.41) is 19.7. The number of benzene rings is 1. The molecule has 0 aliphatic heterocycles. The lowest BCUT2D eigenvalue weighted by Crippen LogP contribution is -2.49. The summed E-state index contributed by atoms with van der Waals surface area (Å²) in [7, 11) is -3.76. The number of carbonyl (C=O) groups excluding carboxylic acids is 1. The van der Waals surface area contributed by atoms with Gasteiger partial charge in [0.15, 0.2) is 0 Å². The molecule has 10 heteroatoms. The zero-order valence-electron chi connectivity index (χ0n) is 14.9. The van der Waals surface area contributed by atoms with Gasteiger partial charge in [0, 0.05) is 0 Å². The quantitative estimate of drug-likeness (QED) is 0.484. The van der Waals surface area contributed by atoms with Gasteiger partial charge in [-0.15, -0.1) is 12.4 Å². The third kappa shape index (κ3) is 7.28. The number of carbonyl (C=O) groups is 2. The van der Waals surface area contributed by atoms with Gasteiger partial charge in [0.2, 0.25) is 15.9 Å². The number of amides is 1. The lowest BCUT2D eigenvalue weighted by atomic mass is 10.1. The summed E-state index contributed by atoms with van der Waals surface area (Å²) in [4.78, 5) is 23.4. The molecule has 1 amide bonds. The normalized spacial score (nSPS) is 14.6. The Morgan fingerprint density at radius 2 is 1.73 bits per heavy atom. The van der Waals surface area contributed by atoms with Crippen molar-refractivity contribution in [3.63, 3.8) is 0 Å². The minimum Gasteiger partial charge on any atom is -0.480 e. The van der Waals surface area contributed by atoms with Gasteiger partial charge < -0.3 is 10.4 Å². The molecule has 0 bridgehead atoms. The summed E-state index contributed by atoms with van der Waals surface area (Å²) < 4.78 is 22.5. The van der Waals surface area contributed by atoms with E-state index in [1.54, 1.807) is 26.0 Å². The molecule has 0 aliphatic carbocycles. The largest absolute Gasteiger partial charge is 0.480 e. The predicted molar refractivity (Wildman–Crippen MR) is 101 cm³/mol. The summed E-state index contributed by atoms with van der Waals surface area (Å²) >= 11 is 0. The van der Waals surface area contributed by atoms with Crippen molar-refractivity contribution >= 4 is 34.3 Å². The van der Waals surface area contributed by atoms with E-state index in [1.807, 2.05) is 6.92 Å². The SMILES string of the molecule is CCCC(NC(C)C(=O)NC(C)c1ccc(S(N)(=O)=O)cc1)C(=O)O.Cl. The van der Waals surface area contributed by atoms with Gasteiger partial charge in [-0.05, 0) is 38.0 Å². The van der Waals surface area contributed by atoms with Gasteiger partial charge in [-0.25, -0.2) is 13.6 Å². The highest BCUT2D eigenvalue weighted by atomic mass is 35.5. The number of primary sulfonamides is 1. The van der Waals surface area contributed by atoms with E-state index in [0.717, 1.165) is 0 Å². The highest BCUT2D eigenvalue weighted by Gasteiger charge is 2.23. The van der Waals surface area contributed by atoms with E-state index in [9.17, 15) is 18.0 Å². The minimum atomic E-state index is -3.76. The molecule has 1 rings (SSSR count). The van der Waals surface area contributed by atoms with Gasteiger partial charge in [-0.3, -0.25) is 14.9 Å². The number of halogens is 1. The zero-order chi connectivity index (χ0) is 19.2. The smallest absolute Gasteiger partial charge is 0.320 e. The molecule has 148 valence electrons. The van der Waals surface area contributed by atoms with E-state index in [0.29, 0.717) is 18.4 Å². The average Bonchev–Trinajstić information content (AvgIpc) is 2.53. The number of carboxylic acids is 1. The first kappa shape index (κ1) is 24.3. The Hall–Kier alpha value is -1.68. The second-order valence-corrected chi connectivity index (χ2v) is 7.47. The van der Waals surface area contributed by atoms with E-state index in [-0.39, 0.29) is 29.3 Å². The fourth-order valence-corrected chi connectivity index (χ4v) is 2.83. The molecular formula is C16H26ClN3O5S. The Kier molecular flexibility index (Phi) is 9.79. The van der Waals surface area contributed by atoms with Crippen LogP contribution in [0.2, 0.25) is 0 Å². The van der Waals surface area contributed by atoms with Crippen molar-refractivity contribution in [1.82, 2.24) is 10.6 Å². The van der Waals surface area contributed by atoms with Crippen LogP contribution in [0.25, 0.3) is 0 Å². The third-order valence-electron chi connectivity index (χ3n) is 3.79. The Labute approximate surface area is 160 Å². The molecule has 0 aromatic heterocycles. The maximum absolute atomic E-state index is 12.2. The van der Waals surface area contributed by atoms with Gasteiger partial charge in [0.05, 0.1) is 17.0 Å². The van der Waals surface area contributed by atoms with Crippen molar-refractivity contribution in [2.75, 3.05) is 0 Å². The standard InChI is InChI=1S/C16H25N3O5S.ClH/c1-4-5-14(16(21)22)18-11(3)15(20)19-10(2)12-6-8-13(9-7-12)25(17,23)24;/h6-11,14,18H,4-5H2,1-3H3,(H,19,20)(H,21,22)(H2,17,23,24);1H. The first-order chi connectivity index (χ1) is 11.6. The van der Waals surface area contributed by atoms with Crippen molar-refractivity contribution < 1.29 is 23.1 Å². The van der Waals surface area contributed by atoms with Crippen molar-refractivity contribution in [2.45, 2.75) is 56.6 Å². The van der Waals surface area contributed by atoms with Crippen LogP contribution in [-0.4, -0.2) is 37.5 Å². The van der Waals surface area contributed by atoms with Crippen LogP contribution in [0.4, 0.5) is 0 Å². The molecule has 0 saturated heterocycles. The molecule has 3 unspecified atom stereocenters. The first-order valence-electron chi connectivity index (χ1n) is 7.98. The Morgan fingerprint density at radius 3 is 2.15 bits per heavy atom. The average molecular weight is 408 g/mol. The number of carboxylic acid groups (broad SMARTS) is 1. The lowest BCUT2D eigenvalue weighted by molar-refractivity contribution is -0.140. The minimum absolute atomic E-state index is 0. The van der Waals surface area contributed by atoms with Gasteiger partial charge >= 0.3 is 5.97 Å². The number of nitrogens with two attached hydrogens (primary N) is 1. The number of aliphatic carboxylic acids is 1. The lowest BCUT2D eigenvalue weighted by Gasteiger charge is -2.22. The van der Waals surface area contributed by atoms with E-state index in [1.165, 1.54) is 12.1 Å². The topological polar surface area (TPSA) is 139 Å². The van der Waals surface area contributed by atoms with Crippen LogP contribution in [0.3, 0.4) is 0 Å². The van der Waals surface area contributed by atoms with Crippen LogP contribution in [0, 0.1) is 0 Å². The highest BCUT2D eigenvalue weighted by Crippen LogP contribution is 2.15. The fourth-order valence-electron chi connectivity index (χ4n) is 2.31. The molecule has 0 saturated carbocycles.